The lowest BCUT2D eigenvalue weighted by molar-refractivity contribution is 0.498. The molecule has 9 heavy (non-hydrogen) atoms. The minimum absolute atomic E-state index is 0.0278. The molecule has 0 aromatic carbocycles. The Morgan fingerprint density at radius 2 is 2.33 bits per heavy atom. The lowest BCUT2D eigenvalue weighted by Crippen LogP contribution is -2.32. The van der Waals surface area contributed by atoms with Crippen LogP contribution in [0.25, 0.3) is 0 Å². The van der Waals surface area contributed by atoms with Gasteiger partial charge in [-0.05, 0) is 13.8 Å². The van der Waals surface area contributed by atoms with Crippen LogP contribution in [0.1, 0.15) is 13.8 Å². The highest BCUT2D eigenvalue weighted by Crippen LogP contribution is 2.04. The van der Waals surface area contributed by atoms with Gasteiger partial charge in [-0.25, -0.2) is 0 Å². The third-order valence-corrected chi connectivity index (χ3v) is 1.09. The monoisotopic (exact) mass is 122 g/mol. The average molecular weight is 122 g/mol. The van der Waals surface area contributed by atoms with Crippen molar-refractivity contribution in [3.63, 3.8) is 0 Å². The summed E-state index contributed by atoms with van der Waals surface area (Å²) in [6.45, 7) is 4.10. The van der Waals surface area contributed by atoms with Crippen molar-refractivity contribution in [2.75, 3.05) is 0 Å². The first-order valence-electron chi connectivity index (χ1n) is 2.94. The number of rotatable bonds is 0. The fraction of sp³-hybridized carbons (Fsp3) is 0.429. The zero-order chi connectivity index (χ0) is 6.74. The van der Waals surface area contributed by atoms with Gasteiger partial charge in [-0.15, -0.1) is 5.10 Å². The first-order valence-corrected chi connectivity index (χ1v) is 2.94. The van der Waals surface area contributed by atoms with Gasteiger partial charge in [0.05, 0.1) is 5.54 Å². The molecule has 0 fully saturated rings. The fourth-order valence-corrected chi connectivity index (χ4v) is 0.583. The van der Waals surface area contributed by atoms with Crippen LogP contribution in [-0.4, -0.2) is 11.4 Å². The Kier molecular flexibility index (Phi) is 1.41. The summed E-state index contributed by atoms with van der Waals surface area (Å²) in [5.41, 5.74) is 2.89. The molecule has 0 aromatic heterocycles. The SMILES string of the molecule is CC1(C)C=CC=C=NN1. The standard InChI is InChI=1S/C7H10N2/c1-7(2)5-3-4-6-8-9-7/h3-5,9H,1-2H3. The maximum absolute atomic E-state index is 3.81. The molecule has 48 valence electrons. The second-order valence-corrected chi connectivity index (χ2v) is 2.60. The summed E-state index contributed by atoms with van der Waals surface area (Å²) in [7, 11) is 0. The van der Waals surface area contributed by atoms with Gasteiger partial charge in [0.25, 0.3) is 0 Å². The van der Waals surface area contributed by atoms with Crippen molar-refractivity contribution >= 4 is 5.87 Å². The van der Waals surface area contributed by atoms with Crippen molar-refractivity contribution in [2.45, 2.75) is 19.4 Å². The molecule has 1 heterocycles. The third-order valence-electron chi connectivity index (χ3n) is 1.09. The summed E-state index contributed by atoms with van der Waals surface area (Å²) >= 11 is 0. The Morgan fingerprint density at radius 1 is 1.56 bits per heavy atom. The predicted octanol–water partition coefficient (Wildman–Crippen LogP) is 1.07. The molecular weight excluding hydrogens is 112 g/mol. The largest absolute Gasteiger partial charge is 0.293 e. The van der Waals surface area contributed by atoms with Gasteiger partial charge in [-0.2, -0.15) is 0 Å². The van der Waals surface area contributed by atoms with Crippen molar-refractivity contribution in [2.24, 2.45) is 5.10 Å². The van der Waals surface area contributed by atoms with Crippen LogP contribution in [0.15, 0.2) is 23.3 Å². The Bertz CT molecular complexity index is 183. The van der Waals surface area contributed by atoms with Crippen LogP contribution in [-0.2, 0) is 0 Å². The summed E-state index contributed by atoms with van der Waals surface area (Å²) in [5, 5.41) is 3.81. The predicted molar refractivity (Wildman–Crippen MR) is 38.4 cm³/mol. The summed E-state index contributed by atoms with van der Waals surface area (Å²) in [6, 6.07) is 0. The number of hydrogen-bond acceptors (Lipinski definition) is 2. The van der Waals surface area contributed by atoms with Crippen LogP contribution in [0, 0.1) is 0 Å². The summed E-state index contributed by atoms with van der Waals surface area (Å²) in [4.78, 5) is 0. The van der Waals surface area contributed by atoms with E-state index in [-0.39, 0.29) is 5.54 Å². The summed E-state index contributed by atoms with van der Waals surface area (Å²) in [6.07, 6.45) is 5.75. The van der Waals surface area contributed by atoms with Gasteiger partial charge in [-0.1, -0.05) is 12.2 Å². The minimum Gasteiger partial charge on any atom is -0.293 e. The Labute approximate surface area is 55.0 Å². The van der Waals surface area contributed by atoms with Crippen LogP contribution >= 0.6 is 0 Å². The average Bonchev–Trinajstić information content (AvgIpc) is 1.92. The molecule has 0 bridgehead atoms. The molecule has 0 amide bonds. The Hall–Kier alpha value is -1.01. The van der Waals surface area contributed by atoms with E-state index in [1.54, 1.807) is 6.08 Å². The smallest absolute Gasteiger partial charge is 0.0682 e. The van der Waals surface area contributed by atoms with Crippen molar-refractivity contribution in [1.82, 2.24) is 5.43 Å². The first kappa shape index (κ1) is 6.12. The number of hydrogen-bond donors (Lipinski definition) is 1. The van der Waals surface area contributed by atoms with Crippen LogP contribution < -0.4 is 5.43 Å². The van der Waals surface area contributed by atoms with E-state index in [4.69, 9.17) is 0 Å². The minimum atomic E-state index is -0.0278. The summed E-state index contributed by atoms with van der Waals surface area (Å²) in [5.74, 6) is 2.70. The van der Waals surface area contributed by atoms with E-state index >= 15 is 0 Å². The van der Waals surface area contributed by atoms with Gasteiger partial charge in [0.15, 0.2) is 0 Å². The number of allylic oxidation sites excluding steroid dienone is 2. The molecule has 1 aliphatic heterocycles. The second kappa shape index (κ2) is 2.08. The third kappa shape index (κ3) is 1.74. The highest BCUT2D eigenvalue weighted by molar-refractivity contribution is 5.55. The molecule has 0 radical (unpaired) electrons. The van der Waals surface area contributed by atoms with Crippen molar-refractivity contribution in [1.29, 1.82) is 0 Å². The van der Waals surface area contributed by atoms with Gasteiger partial charge in [0.2, 0.25) is 0 Å². The van der Waals surface area contributed by atoms with Crippen molar-refractivity contribution in [3.8, 4) is 0 Å². The van der Waals surface area contributed by atoms with E-state index in [1.165, 1.54) is 0 Å². The second-order valence-electron chi connectivity index (χ2n) is 2.60. The quantitative estimate of drug-likeness (QED) is 0.510. The molecule has 0 atom stereocenters. The zero-order valence-electron chi connectivity index (χ0n) is 5.68. The molecule has 1 rings (SSSR count). The van der Waals surface area contributed by atoms with Gasteiger partial charge in [0.1, 0.15) is 0 Å². The highest BCUT2D eigenvalue weighted by atomic mass is 15.3. The lowest BCUT2D eigenvalue weighted by atomic mass is 10.1. The number of nitrogens with one attached hydrogen (secondary N) is 1. The maximum atomic E-state index is 3.81. The number of hydrazone groups is 1. The van der Waals surface area contributed by atoms with E-state index in [0.717, 1.165) is 0 Å². The van der Waals surface area contributed by atoms with Gasteiger partial charge < -0.3 is 0 Å². The molecule has 0 aliphatic carbocycles. The molecule has 0 saturated heterocycles. The van der Waals surface area contributed by atoms with Crippen LogP contribution in [0.3, 0.4) is 0 Å². The molecule has 1 N–H and O–H groups in total. The molecule has 2 heteroatoms. The normalized spacial score (nSPS) is 21.1. The fourth-order valence-electron chi connectivity index (χ4n) is 0.583. The van der Waals surface area contributed by atoms with E-state index in [9.17, 15) is 0 Å². The Balaban J connectivity index is 2.79. The molecule has 0 aromatic rings. The van der Waals surface area contributed by atoms with Crippen LogP contribution in [0.5, 0.6) is 0 Å². The Morgan fingerprint density at radius 3 is 3.11 bits per heavy atom. The van der Waals surface area contributed by atoms with Gasteiger partial charge in [-0.3, -0.25) is 5.43 Å². The first-order chi connectivity index (χ1) is 4.21. The molecule has 2 nitrogen and oxygen atoms in total. The maximum Gasteiger partial charge on any atom is 0.0682 e. The van der Waals surface area contributed by atoms with Crippen molar-refractivity contribution in [3.05, 3.63) is 18.2 Å². The molecule has 0 spiro atoms. The molecular formula is C7H10N2. The molecule has 0 unspecified atom stereocenters. The van der Waals surface area contributed by atoms with E-state index in [1.807, 2.05) is 26.0 Å². The number of nitrogens with zero attached hydrogens (tertiary/aromatic N) is 1. The van der Waals surface area contributed by atoms with E-state index in [0.29, 0.717) is 0 Å². The van der Waals surface area contributed by atoms with Gasteiger partial charge in [0, 0.05) is 11.9 Å². The van der Waals surface area contributed by atoms with E-state index < -0.39 is 0 Å². The summed E-state index contributed by atoms with van der Waals surface area (Å²) < 4.78 is 0. The molecule has 0 saturated carbocycles. The molecule has 1 aliphatic rings. The van der Waals surface area contributed by atoms with Crippen molar-refractivity contribution < 1.29 is 0 Å². The topological polar surface area (TPSA) is 24.4 Å². The lowest BCUT2D eigenvalue weighted by Gasteiger charge is -2.17. The zero-order valence-corrected chi connectivity index (χ0v) is 5.68. The van der Waals surface area contributed by atoms with E-state index in [2.05, 4.69) is 16.4 Å². The van der Waals surface area contributed by atoms with Crippen LogP contribution in [0.4, 0.5) is 0 Å². The van der Waals surface area contributed by atoms with Gasteiger partial charge >= 0.3 is 0 Å². The van der Waals surface area contributed by atoms with Crippen LogP contribution in [0.2, 0.25) is 0 Å². The highest BCUT2D eigenvalue weighted by Gasteiger charge is 2.10.